The Kier molecular flexibility index (Phi) is 6.85. The van der Waals surface area contributed by atoms with Crippen molar-refractivity contribution >= 4 is 38.4 Å². The minimum atomic E-state index is -6.51. The molecule has 3 rings (SSSR count). The summed E-state index contributed by atoms with van der Waals surface area (Å²) < 4.78 is 123. The Morgan fingerprint density at radius 1 is 1.00 bits per heavy atom. The van der Waals surface area contributed by atoms with Crippen LogP contribution in [0.1, 0.15) is 15.9 Å². The fraction of sp³-hybridized carbons (Fsp3) is 0.200. The maximum atomic E-state index is 14.4. The minimum Gasteiger partial charge on any atom is -0.618 e. The molecule has 0 radical (unpaired) electrons. The van der Waals surface area contributed by atoms with Crippen molar-refractivity contribution in [2.75, 3.05) is 5.32 Å². The van der Waals surface area contributed by atoms with Gasteiger partial charge in [-0.05, 0) is 46.3 Å². The number of carbonyl (C=O) groups excluding carboxylic acids is 1. The van der Waals surface area contributed by atoms with Crippen molar-refractivity contribution < 1.29 is 53.8 Å². The van der Waals surface area contributed by atoms with Gasteiger partial charge in [-0.2, -0.15) is 39.9 Å². The molecule has 0 unspecified atom stereocenters. The maximum Gasteiger partial charge on any atom is 0.435 e. The second-order valence-electron chi connectivity index (χ2n) is 6.93. The van der Waals surface area contributed by atoms with Gasteiger partial charge in [0.1, 0.15) is 0 Å². The normalized spacial score (nSPS) is 12.8. The number of benzene rings is 2. The molecule has 0 saturated carbocycles. The molecule has 188 valence electrons. The van der Waals surface area contributed by atoms with Gasteiger partial charge in [0.25, 0.3) is 5.91 Å². The van der Waals surface area contributed by atoms with E-state index in [4.69, 9.17) is 0 Å². The van der Waals surface area contributed by atoms with Crippen LogP contribution in [0, 0.1) is 5.21 Å². The summed E-state index contributed by atoms with van der Waals surface area (Å²) in [5.41, 5.74) is -8.83. The summed E-state index contributed by atoms with van der Waals surface area (Å²) in [6, 6.07) is 6.26. The lowest BCUT2D eigenvalue weighted by molar-refractivity contribution is -0.577. The maximum absolute atomic E-state index is 14.4. The average Bonchev–Trinajstić information content (AvgIpc) is 2.73. The highest BCUT2D eigenvalue weighted by molar-refractivity contribution is 9.10. The van der Waals surface area contributed by atoms with Crippen molar-refractivity contribution in [1.29, 1.82) is 0 Å². The molecule has 0 aliphatic carbocycles. The molecule has 2 aromatic carbocycles. The van der Waals surface area contributed by atoms with Crippen LogP contribution in [-0.4, -0.2) is 24.9 Å². The van der Waals surface area contributed by atoms with Gasteiger partial charge >= 0.3 is 24.6 Å². The first kappa shape index (κ1) is 26.4. The van der Waals surface area contributed by atoms with E-state index in [0.717, 1.165) is 6.07 Å². The molecule has 1 N–H and O–H groups in total. The number of nitrogens with one attached hydrogen (secondary N) is 1. The molecular formula is C20H10BrF9N2O3. The molecule has 1 amide bonds. The van der Waals surface area contributed by atoms with E-state index in [1.807, 2.05) is 5.32 Å². The van der Waals surface area contributed by atoms with Crippen LogP contribution in [-0.2, 0) is 5.67 Å². The Morgan fingerprint density at radius 2 is 1.63 bits per heavy atom. The number of anilines is 1. The molecule has 0 aliphatic rings. The van der Waals surface area contributed by atoms with Crippen molar-refractivity contribution in [2.24, 2.45) is 0 Å². The van der Waals surface area contributed by atoms with Crippen LogP contribution in [0.2, 0.25) is 0 Å². The summed E-state index contributed by atoms with van der Waals surface area (Å²) in [5, 5.41) is 14.0. The summed E-state index contributed by atoms with van der Waals surface area (Å²) in [4.78, 5) is 12.6. The van der Waals surface area contributed by atoms with Gasteiger partial charge in [0.05, 0.1) is 5.69 Å². The van der Waals surface area contributed by atoms with Crippen LogP contribution in [0.25, 0.3) is 10.9 Å². The number of halogens is 10. The van der Waals surface area contributed by atoms with Gasteiger partial charge in [0, 0.05) is 33.1 Å². The van der Waals surface area contributed by atoms with Gasteiger partial charge in [0.2, 0.25) is 5.52 Å². The molecule has 5 nitrogen and oxygen atoms in total. The quantitative estimate of drug-likeness (QED) is 0.218. The van der Waals surface area contributed by atoms with Gasteiger partial charge in [-0.3, -0.25) is 4.79 Å². The van der Waals surface area contributed by atoms with E-state index >= 15 is 0 Å². The SMILES string of the molecule is O=C(Nc1c(Br)cc(C(F)(C(F)(F)F)C(F)(F)F)cc1OC(F)F)c1ccc2c(ccc[n+]2[O-])c1. The van der Waals surface area contributed by atoms with E-state index in [2.05, 4.69) is 20.7 Å². The van der Waals surface area contributed by atoms with E-state index in [9.17, 15) is 49.5 Å². The largest absolute Gasteiger partial charge is 0.618 e. The van der Waals surface area contributed by atoms with Crippen molar-refractivity contribution in [1.82, 2.24) is 0 Å². The fourth-order valence-corrected chi connectivity index (χ4v) is 3.64. The smallest absolute Gasteiger partial charge is 0.435 e. The molecule has 1 heterocycles. The zero-order valence-electron chi connectivity index (χ0n) is 16.6. The third-order valence-electron chi connectivity index (χ3n) is 4.71. The van der Waals surface area contributed by atoms with Gasteiger partial charge in [-0.25, -0.2) is 4.39 Å². The highest BCUT2D eigenvalue weighted by atomic mass is 79.9. The summed E-state index contributed by atoms with van der Waals surface area (Å²) in [6.07, 6.45) is -11.8. The highest BCUT2D eigenvalue weighted by Crippen LogP contribution is 2.55. The molecule has 0 aliphatic heterocycles. The molecule has 0 bridgehead atoms. The molecule has 0 saturated heterocycles. The van der Waals surface area contributed by atoms with Crippen LogP contribution >= 0.6 is 15.9 Å². The van der Waals surface area contributed by atoms with Gasteiger partial charge < -0.3 is 15.3 Å². The van der Waals surface area contributed by atoms with Crippen molar-refractivity contribution in [2.45, 2.75) is 24.6 Å². The van der Waals surface area contributed by atoms with E-state index in [1.54, 1.807) is 0 Å². The molecule has 15 heteroatoms. The van der Waals surface area contributed by atoms with Crippen molar-refractivity contribution in [3.8, 4) is 5.75 Å². The number of hydrogen-bond donors (Lipinski definition) is 1. The lowest BCUT2D eigenvalue weighted by atomic mass is 9.93. The number of ether oxygens (including phenoxy) is 1. The molecule has 35 heavy (non-hydrogen) atoms. The number of nitrogens with zero attached hydrogens (tertiary/aromatic N) is 1. The molecule has 0 atom stereocenters. The third-order valence-corrected chi connectivity index (χ3v) is 5.34. The van der Waals surface area contributed by atoms with E-state index in [0.29, 0.717) is 4.73 Å². The number of rotatable bonds is 5. The van der Waals surface area contributed by atoms with Gasteiger partial charge in [-0.15, -0.1) is 0 Å². The Labute approximate surface area is 197 Å². The number of hydrogen-bond acceptors (Lipinski definition) is 3. The van der Waals surface area contributed by atoms with Crippen LogP contribution in [0.5, 0.6) is 5.75 Å². The Hall–Kier alpha value is -3.23. The first-order chi connectivity index (χ1) is 16.1. The molecular weight excluding hydrogens is 567 g/mol. The number of carbonyl (C=O) groups is 1. The Balaban J connectivity index is 2.09. The first-order valence-electron chi connectivity index (χ1n) is 9.10. The molecule has 0 spiro atoms. The standard InChI is InChI=1S/C20H10BrF9N2O3/c21-12-7-11(18(24,19(25,26)27)20(28,29)30)8-14(35-17(22)23)15(12)31-16(33)10-3-4-13-9(6-10)2-1-5-32(13)34/h1-8,17H,(H,31,33). The summed E-state index contributed by atoms with van der Waals surface area (Å²) in [6.45, 7) is -3.76. The lowest BCUT2D eigenvalue weighted by Crippen LogP contribution is -2.50. The third kappa shape index (κ3) is 4.94. The Bertz CT molecular complexity index is 1270. The summed E-state index contributed by atoms with van der Waals surface area (Å²) >= 11 is 2.58. The van der Waals surface area contributed by atoms with Crippen LogP contribution in [0.3, 0.4) is 0 Å². The second kappa shape index (κ2) is 9.09. The Morgan fingerprint density at radius 3 is 2.20 bits per heavy atom. The molecule has 3 aromatic rings. The second-order valence-corrected chi connectivity index (χ2v) is 7.78. The zero-order valence-corrected chi connectivity index (χ0v) is 18.2. The highest BCUT2D eigenvalue weighted by Gasteiger charge is 2.73. The average molecular weight is 577 g/mol. The number of pyridine rings is 1. The number of amides is 1. The monoisotopic (exact) mass is 576 g/mol. The lowest BCUT2D eigenvalue weighted by Gasteiger charge is -2.31. The summed E-state index contributed by atoms with van der Waals surface area (Å²) in [5.74, 6) is -2.43. The summed E-state index contributed by atoms with van der Waals surface area (Å²) in [7, 11) is 0. The predicted octanol–water partition coefficient (Wildman–Crippen LogP) is 6.38. The molecule has 1 aromatic heterocycles. The van der Waals surface area contributed by atoms with Crippen LogP contribution < -0.4 is 14.8 Å². The van der Waals surface area contributed by atoms with E-state index < -0.39 is 52.0 Å². The number of alkyl halides is 9. The van der Waals surface area contributed by atoms with Crippen LogP contribution in [0.15, 0.2) is 53.1 Å². The van der Waals surface area contributed by atoms with Crippen molar-refractivity contribution in [3.05, 3.63) is 69.5 Å². The topological polar surface area (TPSA) is 65.3 Å². The van der Waals surface area contributed by atoms with E-state index in [-0.39, 0.29) is 28.6 Å². The minimum absolute atomic E-state index is 0.0374. The zero-order chi connectivity index (χ0) is 26.3. The first-order valence-corrected chi connectivity index (χ1v) is 9.90. The molecule has 0 fully saturated rings. The van der Waals surface area contributed by atoms with Gasteiger partial charge in [0.15, 0.2) is 11.9 Å². The predicted molar refractivity (Wildman–Crippen MR) is 107 cm³/mol. The van der Waals surface area contributed by atoms with Crippen molar-refractivity contribution in [3.63, 3.8) is 0 Å². The number of aromatic nitrogens is 1. The van der Waals surface area contributed by atoms with Gasteiger partial charge in [-0.1, -0.05) is 0 Å². The fourth-order valence-electron chi connectivity index (χ4n) is 3.10. The van der Waals surface area contributed by atoms with Crippen LogP contribution in [0.4, 0.5) is 45.2 Å². The van der Waals surface area contributed by atoms with E-state index in [1.165, 1.54) is 30.5 Å². The number of fused-ring (bicyclic) bond motifs is 1.